The quantitative estimate of drug-likeness (QED) is 0.420. The van der Waals surface area contributed by atoms with Crippen LogP contribution < -0.4 is 4.74 Å². The van der Waals surface area contributed by atoms with Crippen LogP contribution in [0.25, 0.3) is 17.5 Å². The minimum absolute atomic E-state index is 0.190. The Kier molecular flexibility index (Phi) is 6.39. The number of ether oxygens (including phenoxy) is 1. The van der Waals surface area contributed by atoms with Crippen molar-refractivity contribution in [1.29, 1.82) is 0 Å². The summed E-state index contributed by atoms with van der Waals surface area (Å²) in [6.45, 7) is 2.58. The minimum atomic E-state index is -0.304. The van der Waals surface area contributed by atoms with E-state index in [9.17, 15) is 4.79 Å². The summed E-state index contributed by atoms with van der Waals surface area (Å²) in [4.78, 5) is 17.1. The second kappa shape index (κ2) is 9.14. The molecule has 0 amide bonds. The summed E-state index contributed by atoms with van der Waals surface area (Å²) in [6.07, 6.45) is 5.11. The molecule has 0 aliphatic carbocycles. The molecule has 0 aliphatic heterocycles. The molecule has 0 spiro atoms. The van der Waals surface area contributed by atoms with Crippen molar-refractivity contribution in [3.8, 4) is 17.4 Å². The van der Waals surface area contributed by atoms with Gasteiger partial charge in [0.1, 0.15) is 0 Å². The summed E-state index contributed by atoms with van der Waals surface area (Å²) in [5.74, 6) is 0.113. The highest BCUT2D eigenvalue weighted by Crippen LogP contribution is 2.22. The summed E-state index contributed by atoms with van der Waals surface area (Å²) >= 11 is 5.96. The van der Waals surface area contributed by atoms with Gasteiger partial charge in [-0.1, -0.05) is 55.3 Å². The molecule has 0 N–H and O–H groups in total. The average Bonchev–Trinajstić information content (AvgIpc) is 3.12. The first kappa shape index (κ1) is 18.9. The van der Waals surface area contributed by atoms with Gasteiger partial charge >= 0.3 is 6.01 Å². The number of allylic oxidation sites excluding steroid dienone is 1. The molecule has 0 saturated carbocycles. The maximum Gasteiger partial charge on any atom is 0.336 e. The van der Waals surface area contributed by atoms with Crippen LogP contribution in [0.5, 0.6) is 6.01 Å². The largest absolute Gasteiger partial charge is 0.462 e. The molecular weight excluding hydrogens is 362 g/mol. The van der Waals surface area contributed by atoms with E-state index in [0.717, 1.165) is 24.0 Å². The molecule has 0 radical (unpaired) electrons. The van der Waals surface area contributed by atoms with Crippen LogP contribution in [0, 0.1) is 0 Å². The zero-order chi connectivity index (χ0) is 19.1. The van der Waals surface area contributed by atoms with Crippen molar-refractivity contribution in [3.63, 3.8) is 0 Å². The standard InChI is InChI=1S/C21H20ClN3O2/c1-2-3-15-27-21-23-20(17-10-12-18(22)13-11-17)25(24-21)19(26)14-9-16-7-5-4-6-8-16/h4-14H,2-3,15H2,1H3/b14-9+. The maximum atomic E-state index is 12.7. The van der Waals surface area contributed by atoms with Gasteiger partial charge in [-0.2, -0.15) is 9.67 Å². The average molecular weight is 382 g/mol. The van der Waals surface area contributed by atoms with Crippen LogP contribution in [0.1, 0.15) is 30.1 Å². The predicted molar refractivity (Wildman–Crippen MR) is 107 cm³/mol. The van der Waals surface area contributed by atoms with Crippen LogP contribution in [0.3, 0.4) is 0 Å². The number of hydrogen-bond acceptors (Lipinski definition) is 4. The molecule has 0 unspecified atom stereocenters. The zero-order valence-corrected chi connectivity index (χ0v) is 15.8. The number of nitrogens with zero attached hydrogens (tertiary/aromatic N) is 3. The molecule has 27 heavy (non-hydrogen) atoms. The van der Waals surface area contributed by atoms with Gasteiger partial charge in [-0.05, 0) is 42.3 Å². The monoisotopic (exact) mass is 381 g/mol. The summed E-state index contributed by atoms with van der Waals surface area (Å²) in [5, 5.41) is 4.85. The molecule has 3 aromatic rings. The number of carbonyl (C=O) groups is 1. The third kappa shape index (κ3) is 5.05. The fourth-order valence-corrected chi connectivity index (χ4v) is 2.53. The lowest BCUT2D eigenvalue weighted by atomic mass is 10.2. The van der Waals surface area contributed by atoms with Crippen molar-refractivity contribution in [2.24, 2.45) is 0 Å². The van der Waals surface area contributed by atoms with E-state index in [-0.39, 0.29) is 11.9 Å². The minimum Gasteiger partial charge on any atom is -0.462 e. The van der Waals surface area contributed by atoms with Crippen LogP contribution in [-0.2, 0) is 0 Å². The van der Waals surface area contributed by atoms with Gasteiger partial charge in [0.2, 0.25) is 0 Å². The van der Waals surface area contributed by atoms with Gasteiger partial charge in [-0.3, -0.25) is 4.79 Å². The Hall–Kier alpha value is -2.92. The first-order valence-electron chi connectivity index (χ1n) is 8.80. The smallest absolute Gasteiger partial charge is 0.336 e. The first-order valence-corrected chi connectivity index (χ1v) is 9.18. The number of benzene rings is 2. The summed E-state index contributed by atoms with van der Waals surface area (Å²) in [7, 11) is 0. The van der Waals surface area contributed by atoms with Crippen LogP contribution in [0.15, 0.2) is 60.7 Å². The number of halogens is 1. The van der Waals surface area contributed by atoms with E-state index in [4.69, 9.17) is 16.3 Å². The summed E-state index contributed by atoms with van der Waals surface area (Å²) in [5.41, 5.74) is 1.66. The Morgan fingerprint density at radius 1 is 1.15 bits per heavy atom. The zero-order valence-electron chi connectivity index (χ0n) is 15.0. The highest BCUT2D eigenvalue weighted by atomic mass is 35.5. The Balaban J connectivity index is 1.90. The van der Waals surface area contributed by atoms with E-state index in [1.165, 1.54) is 10.8 Å². The second-order valence-electron chi connectivity index (χ2n) is 5.92. The second-order valence-corrected chi connectivity index (χ2v) is 6.36. The van der Waals surface area contributed by atoms with Crippen molar-refractivity contribution in [1.82, 2.24) is 14.8 Å². The van der Waals surface area contributed by atoms with Crippen LogP contribution in [-0.4, -0.2) is 27.3 Å². The van der Waals surface area contributed by atoms with Gasteiger partial charge in [-0.15, -0.1) is 5.10 Å². The van der Waals surface area contributed by atoms with E-state index in [2.05, 4.69) is 17.0 Å². The van der Waals surface area contributed by atoms with Crippen molar-refractivity contribution in [2.45, 2.75) is 19.8 Å². The van der Waals surface area contributed by atoms with Crippen LogP contribution >= 0.6 is 11.6 Å². The van der Waals surface area contributed by atoms with Gasteiger partial charge in [0.05, 0.1) is 6.61 Å². The molecule has 0 saturated heterocycles. The molecule has 0 atom stereocenters. The van der Waals surface area contributed by atoms with E-state index < -0.39 is 0 Å². The van der Waals surface area contributed by atoms with Gasteiger partial charge in [-0.25, -0.2) is 0 Å². The van der Waals surface area contributed by atoms with E-state index in [0.29, 0.717) is 17.5 Å². The van der Waals surface area contributed by atoms with Crippen molar-refractivity contribution < 1.29 is 9.53 Å². The van der Waals surface area contributed by atoms with Crippen molar-refractivity contribution in [2.75, 3.05) is 6.61 Å². The molecule has 5 nitrogen and oxygen atoms in total. The van der Waals surface area contributed by atoms with Gasteiger partial charge in [0.15, 0.2) is 5.82 Å². The normalized spacial score (nSPS) is 11.0. The number of hydrogen-bond donors (Lipinski definition) is 0. The summed E-state index contributed by atoms with van der Waals surface area (Å²) in [6, 6.07) is 16.9. The van der Waals surface area contributed by atoms with Crippen molar-refractivity contribution in [3.05, 3.63) is 71.3 Å². The molecule has 0 fully saturated rings. The lowest BCUT2D eigenvalue weighted by molar-refractivity contribution is 0.0954. The number of carbonyl (C=O) groups excluding carboxylic acids is 1. The number of unbranched alkanes of at least 4 members (excludes halogenated alkanes) is 1. The van der Waals surface area contributed by atoms with E-state index in [1.807, 2.05) is 30.3 Å². The van der Waals surface area contributed by atoms with E-state index >= 15 is 0 Å². The highest BCUT2D eigenvalue weighted by Gasteiger charge is 2.17. The molecular formula is C21H20ClN3O2. The predicted octanol–water partition coefficient (Wildman–Crippen LogP) is 5.13. The molecule has 3 rings (SSSR count). The van der Waals surface area contributed by atoms with Crippen LogP contribution in [0.4, 0.5) is 0 Å². The fraction of sp³-hybridized carbons (Fsp3) is 0.190. The SMILES string of the molecule is CCCCOc1nc(-c2ccc(Cl)cc2)n(C(=O)/C=C/c2ccccc2)n1. The first-order chi connectivity index (χ1) is 13.2. The Bertz CT molecular complexity index is 918. The topological polar surface area (TPSA) is 57.0 Å². The fourth-order valence-electron chi connectivity index (χ4n) is 2.40. The number of rotatable bonds is 7. The summed E-state index contributed by atoms with van der Waals surface area (Å²) < 4.78 is 6.83. The lowest BCUT2D eigenvalue weighted by Gasteiger charge is -2.02. The molecule has 6 heteroatoms. The lowest BCUT2D eigenvalue weighted by Crippen LogP contribution is -2.11. The maximum absolute atomic E-state index is 12.7. The molecule has 0 bridgehead atoms. The molecule has 1 heterocycles. The molecule has 1 aromatic heterocycles. The van der Waals surface area contributed by atoms with Crippen LogP contribution in [0.2, 0.25) is 5.02 Å². The van der Waals surface area contributed by atoms with Gasteiger partial charge < -0.3 is 4.74 Å². The Morgan fingerprint density at radius 2 is 1.89 bits per heavy atom. The number of aromatic nitrogens is 3. The van der Waals surface area contributed by atoms with Gasteiger partial charge in [0, 0.05) is 16.7 Å². The third-order valence-electron chi connectivity index (χ3n) is 3.85. The molecule has 0 aliphatic rings. The molecule has 2 aromatic carbocycles. The highest BCUT2D eigenvalue weighted by molar-refractivity contribution is 6.30. The van der Waals surface area contributed by atoms with Gasteiger partial charge in [0.25, 0.3) is 5.91 Å². The van der Waals surface area contributed by atoms with Crippen molar-refractivity contribution >= 4 is 23.6 Å². The van der Waals surface area contributed by atoms with E-state index in [1.54, 1.807) is 30.3 Å². The Labute approximate surface area is 163 Å². The third-order valence-corrected chi connectivity index (χ3v) is 4.10. The Morgan fingerprint density at radius 3 is 2.59 bits per heavy atom. The molecule has 138 valence electrons.